The first-order valence-electron chi connectivity index (χ1n) is 12.9. The molecule has 3 atom stereocenters. The van der Waals surface area contributed by atoms with Crippen molar-refractivity contribution in [3.05, 3.63) is 70.1 Å². The van der Waals surface area contributed by atoms with Crippen molar-refractivity contribution in [3.63, 3.8) is 0 Å². The van der Waals surface area contributed by atoms with E-state index in [1.165, 1.54) is 40.0 Å². The molecule has 3 heterocycles. The second-order valence-electron chi connectivity index (χ2n) is 10.5. The molecule has 0 bridgehead atoms. The number of hydrogen-bond acceptors (Lipinski definition) is 6. The van der Waals surface area contributed by atoms with Gasteiger partial charge in [0, 0.05) is 56.4 Å². The van der Waals surface area contributed by atoms with Crippen LogP contribution in [0.25, 0.3) is 10.9 Å². The van der Waals surface area contributed by atoms with E-state index in [0.717, 1.165) is 5.56 Å². The Morgan fingerprint density at radius 1 is 1.05 bits per heavy atom. The maximum absolute atomic E-state index is 13.7. The molecule has 206 valence electrons. The van der Waals surface area contributed by atoms with E-state index in [-0.39, 0.29) is 46.5 Å². The Hall–Kier alpha value is -3.47. The van der Waals surface area contributed by atoms with Crippen LogP contribution < -0.4 is 5.84 Å². The van der Waals surface area contributed by atoms with Gasteiger partial charge in [-0.25, -0.2) is 4.39 Å². The molecular weight excluding hydrogens is 525 g/mol. The molecule has 0 spiro atoms. The Morgan fingerprint density at radius 2 is 1.77 bits per heavy atom. The van der Waals surface area contributed by atoms with Crippen molar-refractivity contribution in [3.8, 4) is 0 Å². The molecule has 0 radical (unpaired) electrons. The van der Waals surface area contributed by atoms with Gasteiger partial charge in [0.05, 0.1) is 27.8 Å². The molecule has 2 fully saturated rings. The molecule has 39 heavy (non-hydrogen) atoms. The zero-order chi connectivity index (χ0) is 28.0. The number of likely N-dealkylation sites (tertiary alicyclic amines) is 1. The largest absolute Gasteiger partial charge is 0.391 e. The topological polar surface area (TPSA) is 112 Å². The summed E-state index contributed by atoms with van der Waals surface area (Å²) in [4.78, 5) is 45.0. The number of carbonyl (C=O) groups excluding carboxylic acids is 3. The number of piperazine rings is 1. The number of nitrogen functional groups attached to an aromatic ring is 1. The fraction of sp³-hybridized carbons (Fsp3) is 0.393. The number of benzene rings is 2. The molecule has 3 aromatic rings. The van der Waals surface area contributed by atoms with Gasteiger partial charge in [0.1, 0.15) is 5.82 Å². The van der Waals surface area contributed by atoms with E-state index in [0.29, 0.717) is 43.5 Å². The molecule has 0 saturated carbocycles. The minimum atomic E-state index is -0.754. The molecule has 2 aliphatic heterocycles. The van der Waals surface area contributed by atoms with Gasteiger partial charge in [0.25, 0.3) is 17.6 Å². The molecule has 2 amide bonds. The van der Waals surface area contributed by atoms with Crippen LogP contribution in [0.5, 0.6) is 0 Å². The van der Waals surface area contributed by atoms with Gasteiger partial charge in [0.2, 0.25) is 0 Å². The van der Waals surface area contributed by atoms with Gasteiger partial charge in [-0.05, 0) is 50.1 Å². The number of halogens is 2. The van der Waals surface area contributed by atoms with Crippen LogP contribution in [0.4, 0.5) is 4.39 Å². The maximum Gasteiger partial charge on any atom is 0.295 e. The van der Waals surface area contributed by atoms with E-state index < -0.39 is 17.8 Å². The van der Waals surface area contributed by atoms with Crippen molar-refractivity contribution in [2.45, 2.75) is 45.0 Å². The van der Waals surface area contributed by atoms with E-state index in [2.05, 4.69) is 4.90 Å². The van der Waals surface area contributed by atoms with Crippen LogP contribution in [0, 0.1) is 5.82 Å². The summed E-state index contributed by atoms with van der Waals surface area (Å²) < 4.78 is 14.5. The number of ketones is 1. The molecule has 2 saturated heterocycles. The van der Waals surface area contributed by atoms with Crippen LogP contribution in [-0.4, -0.2) is 86.4 Å². The minimum Gasteiger partial charge on any atom is -0.391 e. The summed E-state index contributed by atoms with van der Waals surface area (Å²) in [5.74, 6) is 4.04. The Labute approximate surface area is 230 Å². The van der Waals surface area contributed by atoms with Gasteiger partial charge in [-0.3, -0.25) is 24.0 Å². The number of aromatic nitrogens is 1. The third kappa shape index (κ3) is 5.24. The van der Waals surface area contributed by atoms with Gasteiger partial charge < -0.3 is 20.7 Å². The van der Waals surface area contributed by atoms with Crippen LogP contribution in [0.3, 0.4) is 0 Å². The van der Waals surface area contributed by atoms with Crippen molar-refractivity contribution < 1.29 is 23.9 Å². The molecule has 5 rings (SSSR count). The lowest BCUT2D eigenvalue weighted by atomic mass is 10.0. The number of aliphatic hydroxyl groups is 1. The first-order chi connectivity index (χ1) is 18.5. The summed E-state index contributed by atoms with van der Waals surface area (Å²) in [5, 5.41) is 10.3. The number of amides is 2. The highest BCUT2D eigenvalue weighted by atomic mass is 35.5. The van der Waals surface area contributed by atoms with Gasteiger partial charge in [-0.1, -0.05) is 23.7 Å². The number of nitrogens with zero attached hydrogens (tertiary/aromatic N) is 4. The Morgan fingerprint density at radius 3 is 2.44 bits per heavy atom. The summed E-state index contributed by atoms with van der Waals surface area (Å²) in [6.07, 6.45) is 1.13. The smallest absolute Gasteiger partial charge is 0.295 e. The minimum absolute atomic E-state index is 0.0356. The summed E-state index contributed by atoms with van der Waals surface area (Å²) in [6.45, 7) is 6.10. The number of nitrogens with two attached hydrogens (primary N) is 1. The van der Waals surface area contributed by atoms with Crippen LogP contribution in [0.15, 0.2) is 42.6 Å². The third-order valence-electron chi connectivity index (χ3n) is 7.72. The zero-order valence-electron chi connectivity index (χ0n) is 21.8. The average Bonchev–Trinajstić information content (AvgIpc) is 3.48. The van der Waals surface area contributed by atoms with Crippen molar-refractivity contribution in [1.82, 2.24) is 19.4 Å². The monoisotopic (exact) mass is 555 g/mol. The highest BCUT2D eigenvalue weighted by Crippen LogP contribution is 2.30. The molecule has 9 nitrogen and oxygen atoms in total. The van der Waals surface area contributed by atoms with E-state index in [1.807, 2.05) is 13.8 Å². The van der Waals surface area contributed by atoms with Crippen LogP contribution in [-0.2, 0) is 11.3 Å². The van der Waals surface area contributed by atoms with Gasteiger partial charge >= 0.3 is 0 Å². The summed E-state index contributed by atoms with van der Waals surface area (Å²) in [5.41, 5.74) is 1.71. The molecule has 2 aliphatic rings. The fourth-order valence-electron chi connectivity index (χ4n) is 5.48. The zero-order valence-corrected chi connectivity index (χ0v) is 22.6. The summed E-state index contributed by atoms with van der Waals surface area (Å²) in [6, 6.07) is 9.37. The van der Waals surface area contributed by atoms with Crippen LogP contribution in [0.2, 0.25) is 5.02 Å². The predicted molar refractivity (Wildman–Crippen MR) is 145 cm³/mol. The van der Waals surface area contributed by atoms with E-state index in [9.17, 15) is 23.9 Å². The molecule has 1 aromatic heterocycles. The lowest BCUT2D eigenvalue weighted by Crippen LogP contribution is -2.57. The van der Waals surface area contributed by atoms with Crippen molar-refractivity contribution >= 4 is 40.1 Å². The third-order valence-corrected chi connectivity index (χ3v) is 8.03. The van der Waals surface area contributed by atoms with Crippen molar-refractivity contribution in [2.75, 3.05) is 32.0 Å². The van der Waals surface area contributed by atoms with E-state index in [1.54, 1.807) is 17.0 Å². The molecular formula is C28H31ClFN5O4. The first kappa shape index (κ1) is 27.1. The first-order valence-corrected chi connectivity index (χ1v) is 13.3. The maximum atomic E-state index is 13.7. The highest BCUT2D eigenvalue weighted by Gasteiger charge is 2.35. The predicted octanol–water partition coefficient (Wildman–Crippen LogP) is 2.66. The fourth-order valence-corrected chi connectivity index (χ4v) is 5.72. The normalized spacial score (nSPS) is 22.0. The average molecular weight is 556 g/mol. The Balaban J connectivity index is 1.38. The van der Waals surface area contributed by atoms with Crippen molar-refractivity contribution in [1.29, 1.82) is 0 Å². The Bertz CT molecular complexity index is 1440. The molecule has 11 heteroatoms. The number of β-amino-alcohol motifs (C(OH)–C–C–N with tert-alkyl or cyclic N) is 1. The van der Waals surface area contributed by atoms with Gasteiger partial charge in [-0.15, -0.1) is 0 Å². The van der Waals surface area contributed by atoms with Gasteiger partial charge in [0.15, 0.2) is 0 Å². The lowest BCUT2D eigenvalue weighted by molar-refractivity contribution is -0.125. The number of aliphatic hydroxyl groups excluding tert-OH is 1. The molecule has 2 aromatic carbocycles. The highest BCUT2D eigenvalue weighted by molar-refractivity contribution is 6.45. The van der Waals surface area contributed by atoms with Gasteiger partial charge in [-0.2, -0.15) is 0 Å². The molecule has 0 unspecified atom stereocenters. The number of rotatable bonds is 5. The van der Waals surface area contributed by atoms with Crippen LogP contribution >= 0.6 is 11.6 Å². The SMILES string of the molecule is C[C@@H]1CN(Cc2ccc(F)cc2)[C@@H](C)CN1C(=O)c1cc2c(C(=O)C(=O)N3CC[C@H](O)C3)cn(N)c2cc1Cl. The number of hydrogen-bond donors (Lipinski definition) is 2. The lowest BCUT2D eigenvalue weighted by Gasteiger charge is -2.44. The number of fused-ring (bicyclic) bond motifs is 1. The summed E-state index contributed by atoms with van der Waals surface area (Å²) >= 11 is 6.55. The van der Waals surface area contributed by atoms with Crippen molar-refractivity contribution in [2.24, 2.45) is 0 Å². The number of carbonyl (C=O) groups is 3. The van der Waals surface area contributed by atoms with Crippen LogP contribution in [0.1, 0.15) is 46.5 Å². The van der Waals surface area contributed by atoms with E-state index in [4.69, 9.17) is 17.4 Å². The summed E-state index contributed by atoms with van der Waals surface area (Å²) in [7, 11) is 0. The molecule has 3 N–H and O–H groups in total. The standard InChI is InChI=1S/C28H31ClFN5O4/c1-16-12-34(17(2)11-33(16)13-18-3-5-19(30)6-4-18)27(38)22-9-21-23(15-35(31)25(21)10-24(22)29)26(37)28(39)32-8-7-20(36)14-32/h3-6,9-10,15-17,20,36H,7-8,11-14,31H2,1-2H3/t16-,17+,20-/m0/s1. The Kier molecular flexibility index (Phi) is 7.37. The quantitative estimate of drug-likeness (QED) is 0.284. The second-order valence-corrected chi connectivity index (χ2v) is 10.9. The number of Topliss-reactive ketones (excluding diaryl/α,β-unsaturated/α-hetero) is 1. The van der Waals surface area contributed by atoms with E-state index >= 15 is 0 Å². The molecule has 0 aliphatic carbocycles. The second kappa shape index (κ2) is 10.6.